The fourth-order valence-electron chi connectivity index (χ4n) is 3.03. The fourth-order valence-corrected chi connectivity index (χ4v) is 3.03. The predicted molar refractivity (Wildman–Crippen MR) is 99.8 cm³/mol. The Morgan fingerprint density at radius 1 is 0.690 bits per heavy atom. The Balaban J connectivity index is 2.32. The van der Waals surface area contributed by atoms with Crippen LogP contribution < -0.4 is 19.6 Å². The van der Waals surface area contributed by atoms with E-state index in [4.69, 9.17) is 28.1 Å². The highest BCUT2D eigenvalue weighted by atomic mass is 16.5. The van der Waals surface area contributed by atoms with Gasteiger partial charge in [-0.2, -0.15) is 0 Å². The third-order valence-electron chi connectivity index (χ3n) is 4.38. The van der Waals surface area contributed by atoms with Gasteiger partial charge in [-0.05, 0) is 18.2 Å². The molecule has 0 bridgehead atoms. The number of hydrogen-bond donors (Lipinski definition) is 0. The van der Waals surface area contributed by atoms with E-state index in [1.54, 1.807) is 18.2 Å². The molecule has 0 fully saturated rings. The highest BCUT2D eigenvalue weighted by molar-refractivity contribution is 6.24. The van der Waals surface area contributed by atoms with Crippen LogP contribution in [-0.4, -0.2) is 47.1 Å². The van der Waals surface area contributed by atoms with Crippen molar-refractivity contribution in [3.05, 3.63) is 51.3 Å². The number of methoxy groups -OCH3 is 5. The molecule has 2 aromatic rings. The molecule has 0 N–H and O–H groups in total. The summed E-state index contributed by atoms with van der Waals surface area (Å²) in [6.07, 6.45) is 0. The lowest BCUT2D eigenvalue weighted by atomic mass is 9.96. The molecule has 1 aliphatic carbocycles. The zero-order valence-corrected chi connectivity index (χ0v) is 16.4. The monoisotopic (exact) mass is 402 g/mol. The van der Waals surface area contributed by atoms with Crippen LogP contribution in [0.15, 0.2) is 38.9 Å². The molecular formula is C20H18O9. The quantitative estimate of drug-likeness (QED) is 0.718. The van der Waals surface area contributed by atoms with Gasteiger partial charge >= 0.3 is 0 Å². The first-order valence-corrected chi connectivity index (χ1v) is 8.32. The molecule has 9 nitrogen and oxygen atoms in total. The summed E-state index contributed by atoms with van der Waals surface area (Å²) in [5.41, 5.74) is -0.907. The van der Waals surface area contributed by atoms with Crippen LogP contribution in [0.5, 0.6) is 17.2 Å². The van der Waals surface area contributed by atoms with Crippen LogP contribution in [0.4, 0.5) is 0 Å². The second-order valence-electron chi connectivity index (χ2n) is 5.79. The molecular weight excluding hydrogens is 384 g/mol. The Hall–Kier alpha value is -3.75. The maximum Gasteiger partial charge on any atom is 0.267 e. The first kappa shape index (κ1) is 20.0. The molecule has 0 atom stereocenters. The second-order valence-corrected chi connectivity index (χ2v) is 5.79. The van der Waals surface area contributed by atoms with Gasteiger partial charge in [-0.25, -0.2) is 0 Å². The third kappa shape index (κ3) is 3.00. The van der Waals surface area contributed by atoms with Crippen LogP contribution in [0.3, 0.4) is 0 Å². The molecule has 0 amide bonds. The van der Waals surface area contributed by atoms with E-state index in [1.165, 1.54) is 35.5 Å². The van der Waals surface area contributed by atoms with Crippen LogP contribution in [0, 0.1) is 0 Å². The minimum atomic E-state index is -0.829. The van der Waals surface area contributed by atoms with Crippen molar-refractivity contribution >= 4 is 11.6 Å². The van der Waals surface area contributed by atoms with Gasteiger partial charge < -0.3 is 28.1 Å². The van der Waals surface area contributed by atoms with Crippen LogP contribution in [0.2, 0.25) is 0 Å². The average molecular weight is 402 g/mol. The Labute approximate surface area is 165 Å². The fraction of sp³-hybridized carbons (Fsp3) is 0.250. The highest BCUT2D eigenvalue weighted by Crippen LogP contribution is 2.37. The Morgan fingerprint density at radius 3 is 1.86 bits per heavy atom. The Morgan fingerprint density at radius 2 is 1.31 bits per heavy atom. The molecule has 0 saturated heterocycles. The molecule has 152 valence electrons. The van der Waals surface area contributed by atoms with Gasteiger partial charge in [-0.1, -0.05) is 0 Å². The Bertz CT molecular complexity index is 1090. The minimum absolute atomic E-state index is 0.0466. The van der Waals surface area contributed by atoms with Crippen molar-refractivity contribution in [2.75, 3.05) is 35.5 Å². The first-order valence-electron chi connectivity index (χ1n) is 8.32. The number of ether oxygens (including phenoxy) is 5. The summed E-state index contributed by atoms with van der Waals surface area (Å²) >= 11 is 0. The molecule has 1 heterocycles. The normalized spacial score (nSPS) is 13.1. The van der Waals surface area contributed by atoms with E-state index in [0.717, 1.165) is 0 Å². The Kier molecular flexibility index (Phi) is 5.31. The molecule has 3 rings (SSSR count). The highest BCUT2D eigenvalue weighted by Gasteiger charge is 2.40. The standard InChI is InChI=1S/C20H18O9/c1-24-10-7-6-9(8-11(10)25-2)16-18(26-3)13(21)12-14(22)19(27-4)20(28-5)15(23)17(12)29-16/h6-8H,1-5H3. The van der Waals surface area contributed by atoms with Crippen LogP contribution in [0.25, 0.3) is 11.3 Å². The number of Topliss-reactive ketones (excluding diaryl/α,β-unsaturated/α-hetero) is 2. The summed E-state index contributed by atoms with van der Waals surface area (Å²) in [5.74, 6) is -2.27. The van der Waals surface area contributed by atoms with E-state index in [0.29, 0.717) is 17.1 Å². The van der Waals surface area contributed by atoms with Crippen molar-refractivity contribution in [3.8, 4) is 28.6 Å². The van der Waals surface area contributed by atoms with Crippen molar-refractivity contribution in [1.82, 2.24) is 0 Å². The number of carbonyl (C=O) groups is 2. The summed E-state index contributed by atoms with van der Waals surface area (Å²) in [6.45, 7) is 0. The maximum absolute atomic E-state index is 13.0. The largest absolute Gasteiger partial charge is 0.493 e. The van der Waals surface area contributed by atoms with E-state index in [2.05, 4.69) is 0 Å². The van der Waals surface area contributed by atoms with Crippen LogP contribution >= 0.6 is 0 Å². The SMILES string of the molecule is COC1=C(OC)C(=O)c2c(oc(-c3ccc(OC)c(OC)c3)c(OC)c2=O)C1=O. The number of ketones is 2. The van der Waals surface area contributed by atoms with Crippen molar-refractivity contribution in [2.45, 2.75) is 0 Å². The van der Waals surface area contributed by atoms with Crippen LogP contribution in [-0.2, 0) is 9.47 Å². The summed E-state index contributed by atoms with van der Waals surface area (Å²) in [5, 5.41) is 0. The molecule has 0 unspecified atom stereocenters. The van der Waals surface area contributed by atoms with E-state index in [1.807, 2.05) is 0 Å². The van der Waals surface area contributed by atoms with Crippen molar-refractivity contribution < 1.29 is 37.7 Å². The summed E-state index contributed by atoms with van der Waals surface area (Å²) in [6, 6.07) is 4.75. The third-order valence-corrected chi connectivity index (χ3v) is 4.38. The van der Waals surface area contributed by atoms with Gasteiger partial charge in [0.15, 0.2) is 23.0 Å². The van der Waals surface area contributed by atoms with E-state index >= 15 is 0 Å². The lowest BCUT2D eigenvalue weighted by Crippen LogP contribution is -2.30. The van der Waals surface area contributed by atoms with Gasteiger partial charge in [0.05, 0.1) is 35.5 Å². The average Bonchev–Trinajstić information content (AvgIpc) is 2.74. The molecule has 1 aromatic heterocycles. The van der Waals surface area contributed by atoms with E-state index in [-0.39, 0.29) is 23.0 Å². The zero-order valence-electron chi connectivity index (χ0n) is 16.4. The number of allylic oxidation sites excluding steroid dienone is 2. The molecule has 9 heteroatoms. The predicted octanol–water partition coefficient (Wildman–Crippen LogP) is 2.22. The molecule has 29 heavy (non-hydrogen) atoms. The number of fused-ring (bicyclic) bond motifs is 1. The summed E-state index contributed by atoms with van der Waals surface area (Å²) in [7, 11) is 6.59. The maximum atomic E-state index is 13.0. The number of hydrogen-bond acceptors (Lipinski definition) is 9. The molecule has 0 radical (unpaired) electrons. The summed E-state index contributed by atoms with van der Waals surface area (Å²) < 4.78 is 31.3. The lowest BCUT2D eigenvalue weighted by molar-refractivity contribution is 0.0803. The molecule has 1 aliphatic rings. The van der Waals surface area contributed by atoms with Crippen molar-refractivity contribution in [3.63, 3.8) is 0 Å². The number of rotatable bonds is 6. The lowest BCUT2D eigenvalue weighted by Gasteiger charge is -2.19. The zero-order chi connectivity index (χ0) is 21.3. The molecule has 0 saturated carbocycles. The van der Waals surface area contributed by atoms with Gasteiger partial charge in [0, 0.05) is 5.56 Å². The van der Waals surface area contributed by atoms with Crippen molar-refractivity contribution in [2.24, 2.45) is 0 Å². The van der Waals surface area contributed by atoms with E-state index < -0.39 is 28.3 Å². The summed E-state index contributed by atoms with van der Waals surface area (Å²) in [4.78, 5) is 38.5. The van der Waals surface area contributed by atoms with E-state index in [9.17, 15) is 14.4 Å². The van der Waals surface area contributed by atoms with Crippen molar-refractivity contribution in [1.29, 1.82) is 0 Å². The topological polar surface area (TPSA) is 110 Å². The minimum Gasteiger partial charge on any atom is -0.493 e. The number of carbonyl (C=O) groups excluding carboxylic acids is 2. The molecule has 1 aromatic carbocycles. The smallest absolute Gasteiger partial charge is 0.267 e. The van der Waals surface area contributed by atoms with Gasteiger partial charge in [-0.15, -0.1) is 0 Å². The van der Waals surface area contributed by atoms with Gasteiger partial charge in [0.2, 0.25) is 28.5 Å². The second kappa shape index (κ2) is 7.70. The number of benzene rings is 1. The van der Waals surface area contributed by atoms with Gasteiger partial charge in [-0.3, -0.25) is 14.4 Å². The van der Waals surface area contributed by atoms with Crippen LogP contribution in [0.1, 0.15) is 20.9 Å². The van der Waals surface area contributed by atoms with Gasteiger partial charge in [0.1, 0.15) is 5.56 Å². The first-order chi connectivity index (χ1) is 13.9. The van der Waals surface area contributed by atoms with Gasteiger partial charge in [0.25, 0.3) is 5.78 Å². The molecule has 0 spiro atoms. The molecule has 0 aliphatic heterocycles.